The third kappa shape index (κ3) is 3.39. The predicted octanol–water partition coefficient (Wildman–Crippen LogP) is 3.29. The molecule has 1 atom stereocenters. The second-order valence-corrected chi connectivity index (χ2v) is 4.92. The highest BCUT2D eigenvalue weighted by atomic mass is 16.5. The molecule has 0 aliphatic rings. The lowest BCUT2D eigenvalue weighted by molar-refractivity contribution is 0.0433. The van der Waals surface area contributed by atoms with E-state index in [-0.39, 0.29) is 16.9 Å². The van der Waals surface area contributed by atoms with Crippen molar-refractivity contribution in [3.63, 3.8) is 0 Å². The van der Waals surface area contributed by atoms with E-state index in [9.17, 15) is 9.59 Å². The first-order chi connectivity index (χ1) is 10.5. The minimum atomic E-state index is -0.866. The number of carbonyl (C=O) groups excluding carboxylic acids is 2. The van der Waals surface area contributed by atoms with E-state index >= 15 is 0 Å². The second kappa shape index (κ2) is 6.68. The number of ketones is 1. The van der Waals surface area contributed by atoms with Gasteiger partial charge in [-0.05, 0) is 19.9 Å². The molecule has 0 saturated carbocycles. The summed E-state index contributed by atoms with van der Waals surface area (Å²) in [7, 11) is 0. The molecule has 0 radical (unpaired) electrons. The van der Waals surface area contributed by atoms with E-state index in [1.54, 1.807) is 30.3 Å². The fourth-order valence-corrected chi connectivity index (χ4v) is 1.97. The molecule has 0 N–H and O–H groups in total. The van der Waals surface area contributed by atoms with Crippen LogP contribution in [0.4, 0.5) is 0 Å². The van der Waals surface area contributed by atoms with Crippen molar-refractivity contribution in [3.05, 3.63) is 70.8 Å². The van der Waals surface area contributed by atoms with Crippen LogP contribution in [-0.2, 0) is 4.74 Å². The molecule has 0 heterocycles. The van der Waals surface area contributed by atoms with Gasteiger partial charge in [0.15, 0.2) is 11.9 Å². The number of carbonyl (C=O) groups is 2. The van der Waals surface area contributed by atoms with Gasteiger partial charge in [-0.15, -0.1) is 0 Å². The summed E-state index contributed by atoms with van der Waals surface area (Å²) in [5, 5.41) is 8.72. The first-order valence-corrected chi connectivity index (χ1v) is 6.84. The zero-order valence-corrected chi connectivity index (χ0v) is 12.4. The van der Waals surface area contributed by atoms with Crippen molar-refractivity contribution in [1.29, 1.82) is 5.26 Å². The molecule has 2 aromatic carbocycles. The lowest BCUT2D eigenvalue weighted by Gasteiger charge is -2.10. The quantitative estimate of drug-likeness (QED) is 0.640. The maximum atomic E-state index is 12.6. The number of esters is 1. The van der Waals surface area contributed by atoms with Crippen molar-refractivity contribution in [2.24, 2.45) is 0 Å². The van der Waals surface area contributed by atoms with E-state index in [0.29, 0.717) is 5.56 Å². The third-order valence-electron chi connectivity index (χ3n) is 3.17. The molecule has 4 heteroatoms. The van der Waals surface area contributed by atoms with Gasteiger partial charge in [0.25, 0.3) is 0 Å². The number of rotatable bonds is 4. The lowest BCUT2D eigenvalue weighted by atomic mass is 9.98. The number of hydrogen-bond acceptors (Lipinski definition) is 4. The van der Waals surface area contributed by atoms with Crippen molar-refractivity contribution in [3.8, 4) is 6.07 Å². The molecule has 0 spiro atoms. The fraction of sp³-hybridized carbons (Fsp3) is 0.167. The van der Waals surface area contributed by atoms with Crippen LogP contribution in [0.25, 0.3) is 0 Å². The van der Waals surface area contributed by atoms with E-state index in [2.05, 4.69) is 0 Å². The number of ether oxygens (including phenoxy) is 1. The van der Waals surface area contributed by atoms with Crippen LogP contribution in [0.1, 0.15) is 38.8 Å². The van der Waals surface area contributed by atoms with Gasteiger partial charge in [0.2, 0.25) is 0 Å². The SMILES string of the molecule is Cc1ccc(C(=O)c2ccccc2C(=O)O[C@@H](C)C#N)cc1. The Labute approximate surface area is 129 Å². The average molecular weight is 293 g/mol. The molecule has 0 bridgehead atoms. The molecule has 110 valence electrons. The van der Waals surface area contributed by atoms with Crippen LogP contribution >= 0.6 is 0 Å². The monoisotopic (exact) mass is 293 g/mol. The standard InChI is InChI=1S/C18H15NO3/c1-12-7-9-14(10-8-12)17(20)15-5-3-4-6-16(15)18(21)22-13(2)11-19/h3-10,13H,1-2H3/t13-/m0/s1. The predicted molar refractivity (Wildman–Crippen MR) is 81.5 cm³/mol. The zero-order chi connectivity index (χ0) is 16.1. The molecular weight excluding hydrogens is 278 g/mol. The fourth-order valence-electron chi connectivity index (χ4n) is 1.97. The van der Waals surface area contributed by atoms with Gasteiger partial charge in [0.05, 0.1) is 5.56 Å². The maximum Gasteiger partial charge on any atom is 0.340 e. The topological polar surface area (TPSA) is 67.2 Å². The van der Waals surface area contributed by atoms with Crippen LogP contribution in [0.15, 0.2) is 48.5 Å². The molecule has 4 nitrogen and oxygen atoms in total. The zero-order valence-electron chi connectivity index (χ0n) is 12.4. The molecule has 2 rings (SSSR count). The van der Waals surface area contributed by atoms with E-state index in [1.165, 1.54) is 13.0 Å². The Morgan fingerprint density at radius 2 is 1.64 bits per heavy atom. The van der Waals surface area contributed by atoms with Crippen molar-refractivity contribution in [1.82, 2.24) is 0 Å². The Morgan fingerprint density at radius 3 is 2.23 bits per heavy atom. The Balaban J connectivity index is 2.36. The second-order valence-electron chi connectivity index (χ2n) is 4.92. The number of aryl methyl sites for hydroxylation is 1. The van der Waals surface area contributed by atoms with Crippen LogP contribution in [0.5, 0.6) is 0 Å². The van der Waals surface area contributed by atoms with Crippen LogP contribution in [0, 0.1) is 18.3 Å². The summed E-state index contributed by atoms with van der Waals surface area (Å²) >= 11 is 0. The number of nitriles is 1. The van der Waals surface area contributed by atoms with Crippen LogP contribution in [-0.4, -0.2) is 17.9 Å². The van der Waals surface area contributed by atoms with Gasteiger partial charge in [0, 0.05) is 11.1 Å². The molecule has 0 aliphatic carbocycles. The number of nitrogens with zero attached hydrogens (tertiary/aromatic N) is 1. The summed E-state index contributed by atoms with van der Waals surface area (Å²) < 4.78 is 4.98. The summed E-state index contributed by atoms with van der Waals surface area (Å²) in [6, 6.07) is 15.4. The summed E-state index contributed by atoms with van der Waals surface area (Å²) in [6.45, 7) is 3.41. The minimum absolute atomic E-state index is 0.162. The van der Waals surface area contributed by atoms with Crippen molar-refractivity contribution in [2.45, 2.75) is 20.0 Å². The van der Waals surface area contributed by atoms with E-state index in [1.807, 2.05) is 25.1 Å². The molecule has 0 aromatic heterocycles. The minimum Gasteiger partial charge on any atom is -0.444 e. The lowest BCUT2D eigenvalue weighted by Crippen LogP contribution is -2.17. The Kier molecular flexibility index (Phi) is 4.70. The van der Waals surface area contributed by atoms with Crippen molar-refractivity contribution < 1.29 is 14.3 Å². The van der Waals surface area contributed by atoms with Gasteiger partial charge in [0.1, 0.15) is 6.07 Å². The van der Waals surface area contributed by atoms with Gasteiger partial charge in [-0.25, -0.2) is 4.79 Å². The highest BCUT2D eigenvalue weighted by Crippen LogP contribution is 2.17. The molecular formula is C18H15NO3. The molecule has 0 fully saturated rings. The maximum absolute atomic E-state index is 12.6. The summed E-state index contributed by atoms with van der Waals surface area (Å²) in [5.41, 5.74) is 1.97. The Bertz CT molecular complexity index is 742. The summed E-state index contributed by atoms with van der Waals surface area (Å²) in [4.78, 5) is 24.7. The Hall–Kier alpha value is -2.93. The van der Waals surface area contributed by atoms with Crippen LogP contribution < -0.4 is 0 Å². The van der Waals surface area contributed by atoms with Crippen LogP contribution in [0.3, 0.4) is 0 Å². The van der Waals surface area contributed by atoms with Crippen molar-refractivity contribution >= 4 is 11.8 Å². The van der Waals surface area contributed by atoms with Crippen LogP contribution in [0.2, 0.25) is 0 Å². The Morgan fingerprint density at radius 1 is 1.05 bits per heavy atom. The summed E-state index contributed by atoms with van der Waals surface area (Å²) in [6.07, 6.45) is -0.866. The molecule has 0 amide bonds. The first kappa shape index (κ1) is 15.5. The molecule has 0 aliphatic heterocycles. The third-order valence-corrected chi connectivity index (χ3v) is 3.17. The first-order valence-electron chi connectivity index (χ1n) is 6.84. The molecule has 0 saturated heterocycles. The smallest absolute Gasteiger partial charge is 0.340 e. The van der Waals surface area contributed by atoms with Gasteiger partial charge >= 0.3 is 5.97 Å². The van der Waals surface area contributed by atoms with E-state index in [4.69, 9.17) is 10.00 Å². The van der Waals surface area contributed by atoms with E-state index < -0.39 is 12.1 Å². The molecule has 0 unspecified atom stereocenters. The molecule has 22 heavy (non-hydrogen) atoms. The number of hydrogen-bond donors (Lipinski definition) is 0. The highest BCUT2D eigenvalue weighted by Gasteiger charge is 2.20. The van der Waals surface area contributed by atoms with Crippen molar-refractivity contribution in [2.75, 3.05) is 0 Å². The average Bonchev–Trinajstić information content (AvgIpc) is 2.54. The normalized spacial score (nSPS) is 11.3. The van der Waals surface area contributed by atoms with Gasteiger partial charge in [-0.3, -0.25) is 4.79 Å². The van der Waals surface area contributed by atoms with Gasteiger partial charge in [-0.1, -0.05) is 48.0 Å². The largest absolute Gasteiger partial charge is 0.444 e. The van der Waals surface area contributed by atoms with Gasteiger partial charge < -0.3 is 4.74 Å². The number of benzene rings is 2. The summed E-state index contributed by atoms with van der Waals surface area (Å²) in [5.74, 6) is -0.928. The van der Waals surface area contributed by atoms with Gasteiger partial charge in [-0.2, -0.15) is 5.26 Å². The highest BCUT2D eigenvalue weighted by molar-refractivity contribution is 6.14. The van der Waals surface area contributed by atoms with E-state index in [0.717, 1.165) is 5.56 Å². The molecule has 2 aromatic rings.